The quantitative estimate of drug-likeness (QED) is 0.754. The Morgan fingerprint density at radius 2 is 1.93 bits per heavy atom. The maximum atomic E-state index is 12.9. The number of nitrogens with zero attached hydrogens (tertiary/aromatic N) is 6. The molecule has 3 heterocycles. The molecule has 0 N–H and O–H groups in total. The van der Waals surface area contributed by atoms with Crippen LogP contribution in [0.1, 0.15) is 30.8 Å². The Labute approximate surface area is 166 Å². The molecule has 8 nitrogen and oxygen atoms in total. The Morgan fingerprint density at radius 3 is 2.57 bits per heavy atom. The van der Waals surface area contributed by atoms with Crippen LogP contribution in [0, 0.1) is 19.8 Å². The second-order valence-corrected chi connectivity index (χ2v) is 7.67. The maximum Gasteiger partial charge on any atom is 0.228 e. The molecule has 1 aliphatic rings. The lowest BCUT2D eigenvalue weighted by Crippen LogP contribution is -2.49. The first kappa shape index (κ1) is 20.1. The van der Waals surface area contributed by atoms with Gasteiger partial charge in [0.25, 0.3) is 0 Å². The van der Waals surface area contributed by atoms with Gasteiger partial charge in [-0.15, -0.1) is 0 Å². The number of rotatable bonds is 6. The summed E-state index contributed by atoms with van der Waals surface area (Å²) in [6.45, 7) is 12.0. The molecular weight excluding hydrogens is 356 g/mol. The number of methoxy groups -OCH3 is 1. The Morgan fingerprint density at radius 1 is 1.21 bits per heavy atom. The highest BCUT2D eigenvalue weighted by molar-refractivity contribution is 5.79. The number of hydrogen-bond donors (Lipinski definition) is 0. The van der Waals surface area contributed by atoms with Crippen molar-refractivity contribution in [3.63, 3.8) is 0 Å². The summed E-state index contributed by atoms with van der Waals surface area (Å²) in [5, 5.41) is 4.63. The van der Waals surface area contributed by atoms with Gasteiger partial charge in [0.05, 0.1) is 19.2 Å². The van der Waals surface area contributed by atoms with Gasteiger partial charge in [0.2, 0.25) is 17.7 Å². The van der Waals surface area contributed by atoms with Gasteiger partial charge >= 0.3 is 0 Å². The highest BCUT2D eigenvalue weighted by atomic mass is 16.5. The summed E-state index contributed by atoms with van der Waals surface area (Å²) in [4.78, 5) is 25.6. The van der Waals surface area contributed by atoms with E-state index in [2.05, 4.69) is 40.7 Å². The van der Waals surface area contributed by atoms with Crippen LogP contribution in [-0.4, -0.2) is 63.8 Å². The molecule has 0 bridgehead atoms. The molecule has 0 saturated carbocycles. The summed E-state index contributed by atoms with van der Waals surface area (Å²) in [7, 11) is 1.59. The van der Waals surface area contributed by atoms with E-state index in [1.165, 1.54) is 0 Å². The van der Waals surface area contributed by atoms with Crippen molar-refractivity contribution in [3.05, 3.63) is 29.2 Å². The summed E-state index contributed by atoms with van der Waals surface area (Å²) < 4.78 is 7.20. The van der Waals surface area contributed by atoms with E-state index >= 15 is 0 Å². The van der Waals surface area contributed by atoms with E-state index in [0.717, 1.165) is 23.5 Å². The van der Waals surface area contributed by atoms with Crippen molar-refractivity contribution in [2.24, 2.45) is 5.92 Å². The third kappa shape index (κ3) is 4.43. The normalized spacial score (nSPS) is 14.6. The Kier molecular flexibility index (Phi) is 6.16. The average molecular weight is 387 g/mol. The van der Waals surface area contributed by atoms with E-state index in [1.807, 2.05) is 16.5 Å². The minimum absolute atomic E-state index is 0.154. The second kappa shape index (κ2) is 8.58. The molecule has 0 unspecified atom stereocenters. The first-order chi connectivity index (χ1) is 13.4. The number of ether oxygens (including phenoxy) is 1. The van der Waals surface area contributed by atoms with Crippen LogP contribution >= 0.6 is 0 Å². The minimum atomic E-state index is 0.154. The lowest BCUT2D eigenvalue weighted by atomic mass is 10.1. The first-order valence-electron chi connectivity index (χ1n) is 9.81. The zero-order valence-electron chi connectivity index (χ0n) is 17.5. The first-order valence-corrected chi connectivity index (χ1v) is 9.81. The zero-order chi connectivity index (χ0) is 20.3. The third-order valence-corrected chi connectivity index (χ3v) is 5.14. The number of anilines is 1. The van der Waals surface area contributed by atoms with Crippen molar-refractivity contribution in [2.75, 3.05) is 38.2 Å². The van der Waals surface area contributed by atoms with E-state index in [4.69, 9.17) is 4.74 Å². The van der Waals surface area contributed by atoms with Crippen LogP contribution in [-0.2, 0) is 17.8 Å². The number of carbonyl (C=O) groups is 1. The van der Waals surface area contributed by atoms with Gasteiger partial charge in [-0.2, -0.15) is 10.1 Å². The van der Waals surface area contributed by atoms with Crippen molar-refractivity contribution in [1.82, 2.24) is 24.6 Å². The predicted molar refractivity (Wildman–Crippen MR) is 108 cm³/mol. The van der Waals surface area contributed by atoms with Gasteiger partial charge in [-0.1, -0.05) is 13.8 Å². The minimum Gasteiger partial charge on any atom is -0.481 e. The Bertz CT molecular complexity index is 824. The number of aromatic nitrogens is 4. The maximum absolute atomic E-state index is 12.9. The molecule has 28 heavy (non-hydrogen) atoms. The van der Waals surface area contributed by atoms with E-state index in [9.17, 15) is 4.79 Å². The van der Waals surface area contributed by atoms with Gasteiger partial charge < -0.3 is 14.5 Å². The average Bonchev–Trinajstić information content (AvgIpc) is 2.95. The molecule has 1 fully saturated rings. The molecule has 1 saturated heterocycles. The zero-order valence-corrected chi connectivity index (χ0v) is 17.5. The summed E-state index contributed by atoms with van der Waals surface area (Å²) in [5.41, 5.74) is 3.11. The SMILES string of the molecule is COc1ccnc(N2CCN(C(=O)Cc3c(C)nn(CC(C)C)c3C)CC2)n1. The molecule has 1 amide bonds. The second-order valence-electron chi connectivity index (χ2n) is 7.67. The van der Waals surface area contributed by atoms with Crippen molar-refractivity contribution in [1.29, 1.82) is 0 Å². The summed E-state index contributed by atoms with van der Waals surface area (Å²) >= 11 is 0. The molecule has 0 aromatic carbocycles. The van der Waals surface area contributed by atoms with Crippen molar-refractivity contribution in [2.45, 2.75) is 40.7 Å². The molecule has 0 atom stereocenters. The molecule has 1 aliphatic heterocycles. The highest BCUT2D eigenvalue weighted by Crippen LogP contribution is 2.18. The van der Waals surface area contributed by atoms with Crippen molar-refractivity contribution in [3.8, 4) is 5.88 Å². The van der Waals surface area contributed by atoms with Crippen LogP contribution in [0.25, 0.3) is 0 Å². The van der Waals surface area contributed by atoms with Gasteiger partial charge in [0.1, 0.15) is 0 Å². The van der Waals surface area contributed by atoms with Crippen molar-refractivity contribution >= 4 is 11.9 Å². The molecule has 3 rings (SSSR count). The highest BCUT2D eigenvalue weighted by Gasteiger charge is 2.24. The molecule has 8 heteroatoms. The van der Waals surface area contributed by atoms with Crippen LogP contribution < -0.4 is 9.64 Å². The number of aryl methyl sites for hydroxylation is 1. The number of hydrogen-bond acceptors (Lipinski definition) is 6. The van der Waals surface area contributed by atoms with Crippen LogP contribution in [0.4, 0.5) is 5.95 Å². The van der Waals surface area contributed by atoms with Gasteiger partial charge in [0, 0.05) is 56.2 Å². The van der Waals surface area contributed by atoms with Crippen LogP contribution in [0.5, 0.6) is 5.88 Å². The number of amides is 1. The monoisotopic (exact) mass is 386 g/mol. The van der Waals surface area contributed by atoms with Gasteiger partial charge in [-0.05, 0) is 19.8 Å². The standard InChI is InChI=1S/C20H30N6O2/c1-14(2)13-26-16(4)17(15(3)23-26)12-19(27)24-8-10-25(11-9-24)20-21-7-6-18(22-20)28-5/h6-7,14H,8-13H2,1-5H3. The third-order valence-electron chi connectivity index (χ3n) is 5.14. The molecular formula is C20H30N6O2. The fourth-order valence-corrected chi connectivity index (χ4v) is 3.53. The summed E-state index contributed by atoms with van der Waals surface area (Å²) in [5.74, 6) is 1.87. The molecule has 0 radical (unpaired) electrons. The van der Waals surface area contributed by atoms with Crippen LogP contribution in [0.2, 0.25) is 0 Å². The lowest BCUT2D eigenvalue weighted by Gasteiger charge is -2.34. The summed E-state index contributed by atoms with van der Waals surface area (Å²) in [6.07, 6.45) is 2.10. The summed E-state index contributed by atoms with van der Waals surface area (Å²) in [6, 6.07) is 1.73. The smallest absolute Gasteiger partial charge is 0.228 e. The van der Waals surface area contributed by atoms with Gasteiger partial charge in [0.15, 0.2) is 0 Å². The Hall–Kier alpha value is -2.64. The molecule has 0 spiro atoms. The largest absolute Gasteiger partial charge is 0.481 e. The van der Waals surface area contributed by atoms with E-state index in [-0.39, 0.29) is 5.91 Å². The number of piperazine rings is 1. The Balaban J connectivity index is 1.60. The molecule has 152 valence electrons. The van der Waals surface area contributed by atoms with E-state index in [1.54, 1.807) is 19.4 Å². The predicted octanol–water partition coefficient (Wildman–Crippen LogP) is 1.85. The van der Waals surface area contributed by atoms with Gasteiger partial charge in [-0.3, -0.25) is 9.48 Å². The fourth-order valence-electron chi connectivity index (χ4n) is 3.53. The van der Waals surface area contributed by atoms with E-state index < -0.39 is 0 Å². The molecule has 2 aromatic rings. The topological polar surface area (TPSA) is 76.4 Å². The molecule has 0 aliphatic carbocycles. The lowest BCUT2D eigenvalue weighted by molar-refractivity contribution is -0.130. The van der Waals surface area contributed by atoms with Crippen LogP contribution in [0.3, 0.4) is 0 Å². The number of carbonyl (C=O) groups excluding carboxylic acids is 1. The van der Waals surface area contributed by atoms with Crippen LogP contribution in [0.15, 0.2) is 12.3 Å². The van der Waals surface area contributed by atoms with Gasteiger partial charge in [-0.25, -0.2) is 4.98 Å². The molecule has 2 aromatic heterocycles. The fraction of sp³-hybridized carbons (Fsp3) is 0.600. The van der Waals surface area contributed by atoms with E-state index in [0.29, 0.717) is 50.3 Å². The van der Waals surface area contributed by atoms with Crippen molar-refractivity contribution < 1.29 is 9.53 Å².